The molecule has 0 radical (unpaired) electrons. The van der Waals surface area contributed by atoms with E-state index in [1.807, 2.05) is 18.2 Å². The molecule has 1 N–H and O–H groups in total. The number of carbonyl (C=O) groups excluding carboxylic acids is 2. The second-order valence-corrected chi connectivity index (χ2v) is 4.99. The smallest absolute Gasteiger partial charge is 0.262 e. The number of hydrogen-bond donors (Lipinski definition) is 1. The second kappa shape index (κ2) is 8.19. The summed E-state index contributed by atoms with van der Waals surface area (Å²) in [6, 6.07) is 12.0. The lowest BCUT2D eigenvalue weighted by Gasteiger charge is -2.14. The Hall–Kier alpha value is -2.53. The fraction of sp³-hybridized carbons (Fsp3) is 0.176. The maximum Gasteiger partial charge on any atom is 0.262 e. The van der Waals surface area contributed by atoms with Crippen molar-refractivity contribution >= 4 is 29.5 Å². The fourth-order valence-electron chi connectivity index (χ4n) is 1.92. The molecule has 0 aromatic heterocycles. The molecule has 2 aromatic carbocycles. The van der Waals surface area contributed by atoms with E-state index >= 15 is 0 Å². The first kappa shape index (κ1) is 16.8. The Morgan fingerprint density at radius 1 is 1.22 bits per heavy atom. The van der Waals surface area contributed by atoms with E-state index in [0.717, 1.165) is 0 Å². The quantitative estimate of drug-likeness (QED) is 0.787. The van der Waals surface area contributed by atoms with Crippen LogP contribution in [-0.2, 0) is 4.79 Å². The number of rotatable bonds is 7. The van der Waals surface area contributed by atoms with Crippen LogP contribution in [0.1, 0.15) is 17.3 Å². The molecule has 1 amide bonds. The lowest BCUT2D eigenvalue weighted by Crippen LogP contribution is -2.20. The summed E-state index contributed by atoms with van der Waals surface area (Å²) in [4.78, 5) is 22.8. The van der Waals surface area contributed by atoms with Crippen molar-refractivity contribution in [2.75, 3.05) is 18.5 Å². The molecule has 0 saturated carbocycles. The highest BCUT2D eigenvalue weighted by Crippen LogP contribution is 2.36. The average Bonchev–Trinajstić information content (AvgIpc) is 2.55. The summed E-state index contributed by atoms with van der Waals surface area (Å²) in [5.41, 5.74) is 1.05. The van der Waals surface area contributed by atoms with Crippen LogP contribution in [0.2, 0.25) is 5.02 Å². The minimum Gasteiger partial charge on any atom is -0.490 e. The highest BCUT2D eigenvalue weighted by molar-refractivity contribution is 6.32. The minimum absolute atomic E-state index is 0.213. The van der Waals surface area contributed by atoms with E-state index in [0.29, 0.717) is 29.9 Å². The van der Waals surface area contributed by atoms with Gasteiger partial charge in [-0.3, -0.25) is 9.59 Å². The van der Waals surface area contributed by atoms with Crippen molar-refractivity contribution in [3.05, 3.63) is 53.1 Å². The highest BCUT2D eigenvalue weighted by Gasteiger charge is 2.14. The van der Waals surface area contributed by atoms with Gasteiger partial charge in [-0.1, -0.05) is 29.8 Å². The lowest BCUT2D eigenvalue weighted by atomic mass is 10.2. The van der Waals surface area contributed by atoms with Gasteiger partial charge in [0.25, 0.3) is 5.91 Å². The summed E-state index contributed by atoms with van der Waals surface area (Å²) >= 11 is 6.10. The molecule has 0 bridgehead atoms. The third kappa shape index (κ3) is 4.72. The fourth-order valence-corrected chi connectivity index (χ4v) is 2.19. The number of carbonyl (C=O) groups is 2. The Balaban J connectivity index is 2.07. The van der Waals surface area contributed by atoms with Crippen LogP contribution in [0.5, 0.6) is 11.5 Å². The van der Waals surface area contributed by atoms with Gasteiger partial charge in [-0.25, -0.2) is 0 Å². The molecule has 0 heterocycles. The van der Waals surface area contributed by atoms with Gasteiger partial charge in [0, 0.05) is 11.3 Å². The van der Waals surface area contributed by atoms with Crippen LogP contribution < -0.4 is 14.8 Å². The van der Waals surface area contributed by atoms with Gasteiger partial charge < -0.3 is 14.8 Å². The second-order valence-electron chi connectivity index (χ2n) is 4.58. The number of anilines is 1. The number of halogens is 1. The van der Waals surface area contributed by atoms with Crippen LogP contribution in [0.15, 0.2) is 42.5 Å². The van der Waals surface area contributed by atoms with Crippen molar-refractivity contribution in [3.63, 3.8) is 0 Å². The van der Waals surface area contributed by atoms with Gasteiger partial charge in [-0.15, -0.1) is 0 Å². The van der Waals surface area contributed by atoms with Crippen LogP contribution in [0.3, 0.4) is 0 Å². The van der Waals surface area contributed by atoms with Crippen molar-refractivity contribution in [2.24, 2.45) is 0 Å². The number of amides is 1. The Labute approximate surface area is 139 Å². The standard InChI is InChI=1S/C17H16ClNO4/c1-2-22-15-9-12(10-20)8-14(18)17(15)23-11-16(21)19-13-6-4-3-5-7-13/h3-10H,2,11H2,1H3,(H,19,21). The topological polar surface area (TPSA) is 64.6 Å². The summed E-state index contributed by atoms with van der Waals surface area (Å²) < 4.78 is 10.9. The van der Waals surface area contributed by atoms with Gasteiger partial charge in [-0.05, 0) is 31.2 Å². The van der Waals surface area contributed by atoms with Crippen LogP contribution in [-0.4, -0.2) is 25.4 Å². The first-order valence-corrected chi connectivity index (χ1v) is 7.41. The van der Waals surface area contributed by atoms with Crippen molar-refractivity contribution in [3.8, 4) is 11.5 Å². The van der Waals surface area contributed by atoms with Crippen LogP contribution >= 0.6 is 11.6 Å². The molecule has 2 aromatic rings. The third-order valence-electron chi connectivity index (χ3n) is 2.87. The van der Waals surface area contributed by atoms with Gasteiger partial charge in [0.15, 0.2) is 18.1 Å². The van der Waals surface area contributed by atoms with Gasteiger partial charge >= 0.3 is 0 Å². The molecule has 0 spiro atoms. The zero-order valence-corrected chi connectivity index (χ0v) is 13.3. The molecule has 0 unspecified atom stereocenters. The molecule has 0 aliphatic heterocycles. The zero-order valence-electron chi connectivity index (χ0n) is 12.5. The van der Waals surface area contributed by atoms with Gasteiger partial charge in [0.1, 0.15) is 6.29 Å². The average molecular weight is 334 g/mol. The summed E-state index contributed by atoms with van der Waals surface area (Å²) in [5.74, 6) is 0.242. The van der Waals surface area contributed by atoms with E-state index in [2.05, 4.69) is 5.32 Å². The van der Waals surface area contributed by atoms with E-state index in [4.69, 9.17) is 21.1 Å². The first-order chi connectivity index (χ1) is 11.1. The van der Waals surface area contributed by atoms with E-state index in [1.165, 1.54) is 12.1 Å². The Morgan fingerprint density at radius 2 is 1.96 bits per heavy atom. The Bertz CT molecular complexity index is 688. The van der Waals surface area contributed by atoms with Crippen LogP contribution in [0.25, 0.3) is 0 Å². The van der Waals surface area contributed by atoms with E-state index in [9.17, 15) is 9.59 Å². The maximum absolute atomic E-state index is 11.9. The lowest BCUT2D eigenvalue weighted by molar-refractivity contribution is -0.118. The third-order valence-corrected chi connectivity index (χ3v) is 3.15. The van der Waals surface area contributed by atoms with Crippen molar-refractivity contribution in [2.45, 2.75) is 6.92 Å². The molecule has 2 rings (SSSR count). The summed E-state index contributed by atoms with van der Waals surface area (Å²) in [7, 11) is 0. The predicted octanol–water partition coefficient (Wildman–Crippen LogP) is 3.57. The number of benzene rings is 2. The van der Waals surface area contributed by atoms with Gasteiger partial charge in [-0.2, -0.15) is 0 Å². The molecular formula is C17H16ClNO4. The number of para-hydroxylation sites is 1. The van der Waals surface area contributed by atoms with Gasteiger partial charge in [0.05, 0.1) is 11.6 Å². The summed E-state index contributed by atoms with van der Waals surface area (Å²) in [6.45, 7) is 1.95. The molecule has 0 aliphatic carbocycles. The van der Waals surface area contributed by atoms with Crippen LogP contribution in [0.4, 0.5) is 5.69 Å². The largest absolute Gasteiger partial charge is 0.490 e. The monoisotopic (exact) mass is 333 g/mol. The minimum atomic E-state index is -0.325. The molecule has 0 saturated heterocycles. The molecule has 120 valence electrons. The SMILES string of the molecule is CCOc1cc(C=O)cc(Cl)c1OCC(=O)Nc1ccccc1. The predicted molar refractivity (Wildman–Crippen MR) is 88.6 cm³/mol. The van der Waals surface area contributed by atoms with E-state index < -0.39 is 0 Å². The molecule has 6 heteroatoms. The Morgan fingerprint density at radius 3 is 2.61 bits per heavy atom. The van der Waals surface area contributed by atoms with Crippen LogP contribution in [0, 0.1) is 0 Å². The normalized spacial score (nSPS) is 10.0. The van der Waals surface area contributed by atoms with Crippen molar-refractivity contribution < 1.29 is 19.1 Å². The molecule has 0 atom stereocenters. The van der Waals surface area contributed by atoms with Gasteiger partial charge in [0.2, 0.25) is 0 Å². The Kier molecular flexibility index (Phi) is 6.00. The molecule has 5 nitrogen and oxygen atoms in total. The summed E-state index contributed by atoms with van der Waals surface area (Å²) in [5, 5.41) is 2.92. The highest BCUT2D eigenvalue weighted by atomic mass is 35.5. The molecule has 23 heavy (non-hydrogen) atoms. The number of ether oxygens (including phenoxy) is 2. The first-order valence-electron chi connectivity index (χ1n) is 7.03. The van der Waals surface area contributed by atoms with E-state index in [1.54, 1.807) is 19.1 Å². The van der Waals surface area contributed by atoms with E-state index in [-0.39, 0.29) is 23.3 Å². The van der Waals surface area contributed by atoms with Crippen molar-refractivity contribution in [1.29, 1.82) is 0 Å². The molecular weight excluding hydrogens is 318 g/mol. The molecule has 0 aliphatic rings. The number of aldehydes is 1. The zero-order chi connectivity index (χ0) is 16.7. The molecule has 0 fully saturated rings. The maximum atomic E-state index is 11.9. The number of nitrogens with one attached hydrogen (secondary N) is 1. The number of hydrogen-bond acceptors (Lipinski definition) is 4. The van der Waals surface area contributed by atoms with Crippen molar-refractivity contribution in [1.82, 2.24) is 0 Å². The summed E-state index contributed by atoms with van der Waals surface area (Å²) in [6.07, 6.45) is 0.667.